The van der Waals surface area contributed by atoms with Crippen LogP contribution in [0.15, 0.2) is 40.0 Å². The van der Waals surface area contributed by atoms with E-state index in [1.54, 1.807) is 31.2 Å². The van der Waals surface area contributed by atoms with Gasteiger partial charge in [0.1, 0.15) is 0 Å². The Morgan fingerprint density at radius 3 is 2.59 bits per heavy atom. The fourth-order valence-electron chi connectivity index (χ4n) is 2.21. The highest BCUT2D eigenvalue weighted by atomic mass is 79.9. The Balaban J connectivity index is 2.02. The molecule has 2 aromatic heterocycles. The number of rotatable bonds is 5. The molecule has 6 nitrogen and oxygen atoms in total. The Morgan fingerprint density at radius 1 is 1.26 bits per heavy atom. The third-order valence-corrected chi connectivity index (χ3v) is 4.69. The lowest BCUT2D eigenvalue weighted by atomic mass is 10.1. The molecule has 0 unspecified atom stereocenters. The van der Waals surface area contributed by atoms with E-state index >= 15 is 0 Å². The molecule has 0 spiro atoms. The highest BCUT2D eigenvalue weighted by Crippen LogP contribution is 2.32. The maximum atomic E-state index is 13.5. The van der Waals surface area contributed by atoms with Crippen LogP contribution in [-0.2, 0) is 15.7 Å². The summed E-state index contributed by atoms with van der Waals surface area (Å²) in [5.41, 5.74) is -0.368. The predicted octanol–water partition coefficient (Wildman–Crippen LogP) is 4.23. The van der Waals surface area contributed by atoms with Gasteiger partial charge < -0.3 is 4.74 Å². The predicted molar refractivity (Wildman–Crippen MR) is 96.3 cm³/mol. The van der Waals surface area contributed by atoms with Crippen molar-refractivity contribution in [3.05, 3.63) is 40.5 Å². The van der Waals surface area contributed by atoms with E-state index in [1.165, 1.54) is 0 Å². The highest BCUT2D eigenvalue weighted by Gasteiger charge is 2.35. The molecule has 1 aromatic carbocycles. The number of carbonyl (C=O) groups is 1. The molecular formula is C16H12BrF3N4O2S. The molecule has 3 rings (SSSR count). The van der Waals surface area contributed by atoms with Crippen LogP contribution in [0.3, 0.4) is 0 Å². The van der Waals surface area contributed by atoms with Crippen molar-refractivity contribution in [1.29, 1.82) is 0 Å². The fraction of sp³-hybridized carbons (Fsp3) is 0.250. The zero-order valence-corrected chi connectivity index (χ0v) is 16.2. The summed E-state index contributed by atoms with van der Waals surface area (Å²) < 4.78 is 46.7. The van der Waals surface area contributed by atoms with Crippen molar-refractivity contribution in [2.24, 2.45) is 0 Å². The van der Waals surface area contributed by atoms with Gasteiger partial charge in [-0.1, -0.05) is 39.8 Å². The largest absolute Gasteiger partial charge is 0.465 e. The molecule has 0 radical (unpaired) electrons. The van der Waals surface area contributed by atoms with Gasteiger partial charge >= 0.3 is 12.1 Å². The number of hydrogen-bond acceptors (Lipinski definition) is 6. The van der Waals surface area contributed by atoms with Crippen molar-refractivity contribution in [2.45, 2.75) is 18.3 Å². The fourth-order valence-corrected chi connectivity index (χ4v) is 3.09. The first-order valence-corrected chi connectivity index (χ1v) is 9.45. The first-order valence-electron chi connectivity index (χ1n) is 7.67. The summed E-state index contributed by atoms with van der Waals surface area (Å²) in [6.45, 7) is 1.88. The van der Waals surface area contributed by atoms with Crippen LogP contribution < -0.4 is 0 Å². The van der Waals surface area contributed by atoms with E-state index in [4.69, 9.17) is 4.74 Å². The molecule has 0 saturated carbocycles. The number of thioether (sulfide) groups is 1. The summed E-state index contributed by atoms with van der Waals surface area (Å²) in [6.07, 6.45) is -4.65. The number of ether oxygens (including phenoxy) is 1. The average Bonchev–Trinajstić information content (AvgIpc) is 3.02. The topological polar surface area (TPSA) is 69.4 Å². The Labute approximate surface area is 164 Å². The molecule has 0 bridgehead atoms. The summed E-state index contributed by atoms with van der Waals surface area (Å²) in [4.78, 5) is 19.6. The van der Waals surface area contributed by atoms with Gasteiger partial charge in [0.25, 0.3) is 5.78 Å². The average molecular weight is 461 g/mol. The Morgan fingerprint density at radius 2 is 1.96 bits per heavy atom. The van der Waals surface area contributed by atoms with Crippen LogP contribution in [0.25, 0.3) is 17.0 Å². The summed E-state index contributed by atoms with van der Waals surface area (Å²) in [7, 11) is 0. The maximum Gasteiger partial charge on any atom is 0.433 e. The zero-order valence-electron chi connectivity index (χ0n) is 13.8. The van der Waals surface area contributed by atoms with E-state index in [9.17, 15) is 18.0 Å². The Bertz CT molecular complexity index is 976. The van der Waals surface area contributed by atoms with Crippen molar-refractivity contribution in [3.63, 3.8) is 0 Å². The molecule has 0 saturated heterocycles. The number of halogens is 4. The number of aromatic nitrogens is 4. The lowest BCUT2D eigenvalue weighted by molar-refractivity contribution is -0.143. The second-order valence-electron chi connectivity index (χ2n) is 5.23. The van der Waals surface area contributed by atoms with E-state index in [2.05, 4.69) is 31.0 Å². The SMILES string of the molecule is CCOC(=O)CSc1nc2nc(-c3ccc(Br)cc3)cc(C(F)(F)F)n2n1. The summed E-state index contributed by atoms with van der Waals surface area (Å²) in [5.74, 6) is -0.805. The van der Waals surface area contributed by atoms with Crippen molar-refractivity contribution < 1.29 is 22.7 Å². The second kappa shape index (κ2) is 7.85. The van der Waals surface area contributed by atoms with Gasteiger partial charge in [-0.15, -0.1) is 5.10 Å². The van der Waals surface area contributed by atoms with Crippen molar-refractivity contribution in [2.75, 3.05) is 12.4 Å². The first kappa shape index (κ1) is 19.6. The molecular weight excluding hydrogens is 449 g/mol. The number of alkyl halides is 3. The van der Waals surface area contributed by atoms with Crippen LogP contribution in [0, 0.1) is 0 Å². The van der Waals surface area contributed by atoms with Gasteiger partial charge in [0.05, 0.1) is 18.1 Å². The minimum absolute atomic E-state index is 0.00834. The van der Waals surface area contributed by atoms with E-state index in [-0.39, 0.29) is 29.0 Å². The molecule has 142 valence electrons. The molecule has 0 aliphatic rings. The lowest BCUT2D eigenvalue weighted by Crippen LogP contribution is -2.14. The minimum Gasteiger partial charge on any atom is -0.465 e. The normalized spacial score (nSPS) is 11.7. The van der Waals surface area contributed by atoms with E-state index in [0.717, 1.165) is 22.3 Å². The van der Waals surface area contributed by atoms with Gasteiger partial charge in [0, 0.05) is 10.0 Å². The lowest BCUT2D eigenvalue weighted by Gasteiger charge is -2.10. The zero-order chi connectivity index (χ0) is 19.6. The molecule has 0 aliphatic carbocycles. The van der Waals surface area contributed by atoms with Crippen molar-refractivity contribution >= 4 is 39.4 Å². The molecule has 0 amide bonds. The molecule has 0 atom stereocenters. The van der Waals surface area contributed by atoms with Crippen LogP contribution in [0.1, 0.15) is 12.6 Å². The summed E-state index contributed by atoms with van der Waals surface area (Å²) in [6, 6.07) is 7.63. The van der Waals surface area contributed by atoms with Gasteiger partial charge in [-0.3, -0.25) is 4.79 Å². The first-order chi connectivity index (χ1) is 12.8. The molecule has 27 heavy (non-hydrogen) atoms. The second-order valence-corrected chi connectivity index (χ2v) is 7.09. The quantitative estimate of drug-likeness (QED) is 0.419. The van der Waals surface area contributed by atoms with Crippen LogP contribution in [-0.4, -0.2) is 37.9 Å². The molecule has 3 aromatic rings. The van der Waals surface area contributed by atoms with Crippen LogP contribution in [0.2, 0.25) is 0 Å². The Hall–Kier alpha value is -2.14. The van der Waals surface area contributed by atoms with Crippen molar-refractivity contribution in [1.82, 2.24) is 19.6 Å². The molecule has 0 aliphatic heterocycles. The summed E-state index contributed by atoms with van der Waals surface area (Å²) >= 11 is 4.17. The standard InChI is InChI=1S/C16H12BrF3N4O2S/c1-2-26-13(25)8-27-15-22-14-21-11(9-3-5-10(17)6-4-9)7-12(16(18,19)20)24(14)23-15/h3-7H,2,8H2,1H3. The number of nitrogens with zero attached hydrogens (tertiary/aromatic N) is 4. The van der Waals surface area contributed by atoms with Gasteiger partial charge in [-0.2, -0.15) is 22.7 Å². The van der Waals surface area contributed by atoms with Gasteiger partial charge in [-0.25, -0.2) is 4.98 Å². The number of esters is 1. The monoisotopic (exact) mass is 460 g/mol. The maximum absolute atomic E-state index is 13.5. The van der Waals surface area contributed by atoms with E-state index < -0.39 is 17.8 Å². The molecule has 2 heterocycles. The molecule has 0 N–H and O–H groups in total. The van der Waals surface area contributed by atoms with Gasteiger partial charge in [-0.05, 0) is 25.1 Å². The molecule has 0 fully saturated rings. The smallest absolute Gasteiger partial charge is 0.433 e. The van der Waals surface area contributed by atoms with E-state index in [0.29, 0.717) is 10.1 Å². The van der Waals surface area contributed by atoms with Gasteiger partial charge in [0.15, 0.2) is 5.69 Å². The number of hydrogen-bond donors (Lipinski definition) is 0. The molecule has 11 heteroatoms. The Kier molecular flexibility index (Phi) is 5.70. The minimum atomic E-state index is -4.65. The highest BCUT2D eigenvalue weighted by molar-refractivity contribution is 9.10. The van der Waals surface area contributed by atoms with Crippen LogP contribution >= 0.6 is 27.7 Å². The third kappa shape index (κ3) is 4.59. The third-order valence-electron chi connectivity index (χ3n) is 3.35. The number of carbonyl (C=O) groups excluding carboxylic acids is 1. The van der Waals surface area contributed by atoms with Crippen LogP contribution in [0.5, 0.6) is 0 Å². The van der Waals surface area contributed by atoms with Gasteiger partial charge in [0.2, 0.25) is 5.16 Å². The van der Waals surface area contributed by atoms with Crippen molar-refractivity contribution in [3.8, 4) is 11.3 Å². The van der Waals surface area contributed by atoms with E-state index in [1.807, 2.05) is 0 Å². The summed E-state index contributed by atoms with van der Waals surface area (Å²) in [5, 5.41) is 3.84. The van der Waals surface area contributed by atoms with Crippen LogP contribution in [0.4, 0.5) is 13.2 Å². The number of benzene rings is 1. The number of fused-ring (bicyclic) bond motifs is 1.